The minimum atomic E-state index is 1.04. The molecule has 0 heterocycles. The Morgan fingerprint density at radius 3 is 1.00 bits per heavy atom. The van der Waals surface area contributed by atoms with Crippen molar-refractivity contribution in [1.82, 2.24) is 0 Å². The predicted molar refractivity (Wildman–Crippen MR) is 165 cm³/mol. The van der Waals surface area contributed by atoms with Crippen molar-refractivity contribution in [3.8, 4) is 34.1 Å². The molecule has 0 spiro atoms. The minimum Gasteiger partial charge on any atom is -0.0654 e. The SMILES string of the molecule is CCCCCCc1ccc(-c2ccc(C#Cc3ccc(-c4ccc(CCCCCC)cc4)cc3)cc2)cc1. The highest BCUT2D eigenvalue weighted by Crippen LogP contribution is 2.23. The molecule has 194 valence electrons. The van der Waals surface area contributed by atoms with Crippen molar-refractivity contribution in [3.63, 3.8) is 0 Å². The summed E-state index contributed by atoms with van der Waals surface area (Å²) in [6.07, 6.45) is 12.9. The van der Waals surface area contributed by atoms with E-state index in [0.29, 0.717) is 0 Å². The highest BCUT2D eigenvalue weighted by Gasteiger charge is 2.01. The Labute approximate surface area is 231 Å². The van der Waals surface area contributed by atoms with Gasteiger partial charge in [0, 0.05) is 11.1 Å². The van der Waals surface area contributed by atoms with Crippen molar-refractivity contribution >= 4 is 0 Å². The lowest BCUT2D eigenvalue weighted by atomic mass is 10.00. The summed E-state index contributed by atoms with van der Waals surface area (Å²) in [5.41, 5.74) is 9.97. The second-order valence-corrected chi connectivity index (χ2v) is 10.4. The molecule has 0 radical (unpaired) electrons. The first-order valence-corrected chi connectivity index (χ1v) is 14.7. The molecule has 0 N–H and O–H groups in total. The lowest BCUT2D eigenvalue weighted by Gasteiger charge is -2.05. The van der Waals surface area contributed by atoms with E-state index in [1.807, 2.05) is 0 Å². The van der Waals surface area contributed by atoms with E-state index >= 15 is 0 Å². The summed E-state index contributed by atoms with van der Waals surface area (Å²) in [4.78, 5) is 0. The zero-order chi connectivity index (χ0) is 26.4. The van der Waals surface area contributed by atoms with Crippen LogP contribution in [0.4, 0.5) is 0 Å². The van der Waals surface area contributed by atoms with Crippen LogP contribution in [0.3, 0.4) is 0 Å². The van der Waals surface area contributed by atoms with Gasteiger partial charge in [-0.1, -0.05) is 137 Å². The maximum atomic E-state index is 3.33. The summed E-state index contributed by atoms with van der Waals surface area (Å²) in [5.74, 6) is 6.65. The Morgan fingerprint density at radius 2 is 0.684 bits per heavy atom. The van der Waals surface area contributed by atoms with Crippen LogP contribution in [0.2, 0.25) is 0 Å². The molecular formula is C38H42. The molecule has 0 saturated heterocycles. The Kier molecular flexibility index (Phi) is 10.8. The quantitative estimate of drug-likeness (QED) is 0.135. The predicted octanol–water partition coefficient (Wildman–Crippen LogP) is 10.7. The molecule has 4 rings (SSSR count). The van der Waals surface area contributed by atoms with Crippen LogP contribution in [0, 0.1) is 11.8 Å². The average molecular weight is 499 g/mol. The second-order valence-electron chi connectivity index (χ2n) is 10.4. The minimum absolute atomic E-state index is 1.04. The van der Waals surface area contributed by atoms with E-state index < -0.39 is 0 Å². The molecule has 0 amide bonds. The van der Waals surface area contributed by atoms with Crippen molar-refractivity contribution in [2.75, 3.05) is 0 Å². The van der Waals surface area contributed by atoms with Gasteiger partial charge in [-0.2, -0.15) is 0 Å². The van der Waals surface area contributed by atoms with E-state index in [-0.39, 0.29) is 0 Å². The summed E-state index contributed by atoms with van der Waals surface area (Å²) < 4.78 is 0. The van der Waals surface area contributed by atoms with Crippen molar-refractivity contribution in [2.45, 2.75) is 78.1 Å². The first kappa shape index (κ1) is 27.5. The number of rotatable bonds is 12. The molecule has 0 saturated carbocycles. The van der Waals surface area contributed by atoms with Crippen LogP contribution in [-0.4, -0.2) is 0 Å². The Balaban J connectivity index is 1.31. The van der Waals surface area contributed by atoms with Crippen LogP contribution in [0.25, 0.3) is 22.3 Å². The van der Waals surface area contributed by atoms with Crippen LogP contribution in [-0.2, 0) is 12.8 Å². The number of hydrogen-bond acceptors (Lipinski definition) is 0. The van der Waals surface area contributed by atoms with Crippen LogP contribution in [0.5, 0.6) is 0 Å². The second kappa shape index (κ2) is 15.0. The molecule has 0 atom stereocenters. The number of unbranched alkanes of at least 4 members (excludes halogenated alkanes) is 6. The van der Waals surface area contributed by atoms with Gasteiger partial charge >= 0.3 is 0 Å². The number of benzene rings is 4. The van der Waals surface area contributed by atoms with E-state index in [4.69, 9.17) is 0 Å². The fourth-order valence-electron chi connectivity index (χ4n) is 4.88. The Morgan fingerprint density at radius 1 is 0.368 bits per heavy atom. The molecule has 0 bridgehead atoms. The summed E-state index contributed by atoms with van der Waals surface area (Å²) >= 11 is 0. The van der Waals surface area contributed by atoms with E-state index in [1.54, 1.807) is 0 Å². The topological polar surface area (TPSA) is 0 Å². The summed E-state index contributed by atoms with van der Waals surface area (Å²) in [6.45, 7) is 4.53. The number of aryl methyl sites for hydroxylation is 2. The fourth-order valence-corrected chi connectivity index (χ4v) is 4.88. The molecule has 0 aliphatic heterocycles. The largest absolute Gasteiger partial charge is 0.0654 e. The molecule has 0 fully saturated rings. The van der Waals surface area contributed by atoms with E-state index in [2.05, 4.69) is 123 Å². The molecule has 0 aliphatic carbocycles. The average Bonchev–Trinajstić information content (AvgIpc) is 2.98. The van der Waals surface area contributed by atoms with E-state index in [1.165, 1.54) is 97.6 Å². The maximum absolute atomic E-state index is 3.33. The van der Waals surface area contributed by atoms with Gasteiger partial charge in [0.2, 0.25) is 0 Å². The van der Waals surface area contributed by atoms with E-state index in [9.17, 15) is 0 Å². The first-order chi connectivity index (χ1) is 18.7. The highest BCUT2D eigenvalue weighted by molar-refractivity contribution is 5.66. The Hall–Kier alpha value is -3.56. The third-order valence-corrected chi connectivity index (χ3v) is 7.33. The van der Waals surface area contributed by atoms with Gasteiger partial charge in [-0.15, -0.1) is 0 Å². The van der Waals surface area contributed by atoms with Crippen LogP contribution in [0.1, 0.15) is 87.5 Å². The third-order valence-electron chi connectivity index (χ3n) is 7.33. The zero-order valence-electron chi connectivity index (χ0n) is 23.3. The molecule has 0 nitrogen and oxygen atoms in total. The van der Waals surface area contributed by atoms with Gasteiger partial charge in [0.05, 0.1) is 0 Å². The summed E-state index contributed by atoms with van der Waals surface area (Å²) in [7, 11) is 0. The normalized spacial score (nSPS) is 10.7. The lowest BCUT2D eigenvalue weighted by Crippen LogP contribution is -1.87. The standard InChI is InChI=1S/C38H42/c1-3-5-7-9-11-31-15-23-35(24-16-31)37-27-19-33(20-28-37)13-14-34-21-29-38(30-22-34)36-25-17-32(18-26-36)12-10-8-6-4-2/h15-30H,3-12H2,1-2H3. The summed E-state index contributed by atoms with van der Waals surface area (Å²) in [6, 6.07) is 35.3. The van der Waals surface area contributed by atoms with Crippen molar-refractivity contribution in [3.05, 3.63) is 119 Å². The number of hydrogen-bond donors (Lipinski definition) is 0. The molecule has 0 heteroatoms. The molecule has 38 heavy (non-hydrogen) atoms. The van der Waals surface area contributed by atoms with Gasteiger partial charge in [-0.05, 0) is 83.3 Å². The first-order valence-electron chi connectivity index (χ1n) is 14.7. The highest BCUT2D eigenvalue weighted by atomic mass is 14.1. The van der Waals surface area contributed by atoms with Gasteiger partial charge in [0.25, 0.3) is 0 Å². The van der Waals surface area contributed by atoms with Crippen molar-refractivity contribution in [2.24, 2.45) is 0 Å². The van der Waals surface area contributed by atoms with Gasteiger partial charge in [0.1, 0.15) is 0 Å². The van der Waals surface area contributed by atoms with Crippen LogP contribution >= 0.6 is 0 Å². The molecule has 4 aromatic carbocycles. The third kappa shape index (κ3) is 8.49. The van der Waals surface area contributed by atoms with Crippen molar-refractivity contribution in [1.29, 1.82) is 0 Å². The fraction of sp³-hybridized carbons (Fsp3) is 0.316. The van der Waals surface area contributed by atoms with Gasteiger partial charge in [0.15, 0.2) is 0 Å². The molecule has 0 aliphatic rings. The smallest absolute Gasteiger partial charge is 0.0249 e. The summed E-state index contributed by atoms with van der Waals surface area (Å²) in [5, 5.41) is 0. The maximum Gasteiger partial charge on any atom is 0.0249 e. The van der Waals surface area contributed by atoms with E-state index in [0.717, 1.165) is 11.1 Å². The van der Waals surface area contributed by atoms with Gasteiger partial charge in [-0.3, -0.25) is 0 Å². The van der Waals surface area contributed by atoms with Crippen LogP contribution < -0.4 is 0 Å². The van der Waals surface area contributed by atoms with Crippen molar-refractivity contribution < 1.29 is 0 Å². The zero-order valence-corrected chi connectivity index (χ0v) is 23.3. The molecular weight excluding hydrogens is 456 g/mol. The Bertz CT molecular complexity index is 1180. The molecule has 4 aromatic rings. The van der Waals surface area contributed by atoms with Gasteiger partial charge < -0.3 is 0 Å². The van der Waals surface area contributed by atoms with Gasteiger partial charge in [-0.25, -0.2) is 0 Å². The molecule has 0 aromatic heterocycles. The lowest BCUT2D eigenvalue weighted by molar-refractivity contribution is 0.667. The van der Waals surface area contributed by atoms with Crippen LogP contribution in [0.15, 0.2) is 97.1 Å². The molecule has 0 unspecified atom stereocenters. The monoisotopic (exact) mass is 498 g/mol.